The molecular formula is C18H15ClN4OS. The lowest BCUT2D eigenvalue weighted by Crippen LogP contribution is -2.06. The lowest BCUT2D eigenvalue weighted by atomic mass is 10.3. The number of ether oxygens (including phenoxy) is 1. The molecule has 0 N–H and O–H groups in total. The van der Waals surface area contributed by atoms with Gasteiger partial charge in [0.15, 0.2) is 11.0 Å². The van der Waals surface area contributed by atoms with Crippen molar-refractivity contribution in [2.45, 2.75) is 18.2 Å². The van der Waals surface area contributed by atoms with Crippen molar-refractivity contribution in [1.29, 1.82) is 5.26 Å². The summed E-state index contributed by atoms with van der Waals surface area (Å²) in [5, 5.41) is 18.5. The van der Waals surface area contributed by atoms with Crippen LogP contribution in [0.4, 0.5) is 0 Å². The summed E-state index contributed by atoms with van der Waals surface area (Å²) in [6.07, 6.45) is 0.456. The van der Waals surface area contributed by atoms with E-state index in [2.05, 4.69) is 16.3 Å². The number of hydrogen-bond donors (Lipinski definition) is 0. The Hall–Kier alpha value is -2.49. The van der Waals surface area contributed by atoms with Crippen molar-refractivity contribution in [3.63, 3.8) is 0 Å². The molecule has 0 radical (unpaired) electrons. The third-order valence-corrected chi connectivity index (χ3v) is 4.60. The monoisotopic (exact) mass is 370 g/mol. The van der Waals surface area contributed by atoms with Gasteiger partial charge in [-0.25, -0.2) is 0 Å². The molecule has 0 spiro atoms. The van der Waals surface area contributed by atoms with Crippen molar-refractivity contribution in [2.75, 3.05) is 5.75 Å². The molecule has 5 nitrogen and oxygen atoms in total. The third-order valence-electron chi connectivity index (χ3n) is 3.35. The van der Waals surface area contributed by atoms with Gasteiger partial charge in [-0.05, 0) is 24.3 Å². The average molecular weight is 371 g/mol. The highest BCUT2D eigenvalue weighted by Crippen LogP contribution is 2.26. The zero-order valence-corrected chi connectivity index (χ0v) is 14.9. The Morgan fingerprint density at radius 1 is 1.08 bits per heavy atom. The maximum absolute atomic E-state index is 8.73. The molecule has 0 bridgehead atoms. The Bertz CT molecular complexity index is 876. The lowest BCUT2D eigenvalue weighted by molar-refractivity contribution is 0.293. The molecule has 0 unspecified atom stereocenters. The first-order valence-electron chi connectivity index (χ1n) is 7.66. The molecule has 0 aliphatic rings. The minimum absolute atomic E-state index is 0.241. The lowest BCUT2D eigenvalue weighted by Gasteiger charge is -2.11. The summed E-state index contributed by atoms with van der Waals surface area (Å²) in [5.74, 6) is 1.93. The van der Waals surface area contributed by atoms with E-state index in [0.29, 0.717) is 28.8 Å². The molecule has 1 heterocycles. The highest BCUT2D eigenvalue weighted by molar-refractivity contribution is 7.99. The van der Waals surface area contributed by atoms with Crippen LogP contribution in [0.25, 0.3) is 5.69 Å². The topological polar surface area (TPSA) is 63.7 Å². The molecule has 2 aromatic carbocycles. The summed E-state index contributed by atoms with van der Waals surface area (Å²) in [5.41, 5.74) is 0.949. The number of rotatable bonds is 7. The summed E-state index contributed by atoms with van der Waals surface area (Å²) in [6.45, 7) is 0.241. The van der Waals surface area contributed by atoms with Crippen molar-refractivity contribution in [3.8, 4) is 17.5 Å². The fourth-order valence-corrected chi connectivity index (χ4v) is 3.22. The zero-order chi connectivity index (χ0) is 17.5. The number of para-hydroxylation sites is 2. The van der Waals surface area contributed by atoms with Crippen LogP contribution >= 0.6 is 23.4 Å². The molecule has 0 aliphatic carbocycles. The van der Waals surface area contributed by atoms with Gasteiger partial charge in [0.1, 0.15) is 12.4 Å². The van der Waals surface area contributed by atoms with Gasteiger partial charge in [-0.15, -0.1) is 10.2 Å². The fraction of sp³-hybridized carbons (Fsp3) is 0.167. The number of nitrogens with zero attached hydrogens (tertiary/aromatic N) is 4. The van der Waals surface area contributed by atoms with Crippen LogP contribution in [-0.4, -0.2) is 20.5 Å². The fourth-order valence-electron chi connectivity index (χ4n) is 2.22. The van der Waals surface area contributed by atoms with Crippen molar-refractivity contribution >= 4 is 23.4 Å². The van der Waals surface area contributed by atoms with Crippen LogP contribution in [-0.2, 0) is 6.61 Å². The molecule has 0 fully saturated rings. The van der Waals surface area contributed by atoms with Crippen LogP contribution < -0.4 is 4.74 Å². The van der Waals surface area contributed by atoms with Gasteiger partial charge in [-0.1, -0.05) is 53.7 Å². The number of thioether (sulfide) groups is 1. The number of benzene rings is 2. The molecule has 0 amide bonds. The quantitative estimate of drug-likeness (QED) is 0.452. The minimum Gasteiger partial charge on any atom is -0.484 e. The number of nitriles is 1. The van der Waals surface area contributed by atoms with Crippen molar-refractivity contribution in [1.82, 2.24) is 14.8 Å². The smallest absolute Gasteiger partial charge is 0.195 e. The van der Waals surface area contributed by atoms with E-state index in [0.717, 1.165) is 10.8 Å². The maximum Gasteiger partial charge on any atom is 0.195 e. The van der Waals surface area contributed by atoms with E-state index in [1.54, 1.807) is 6.07 Å². The predicted octanol–water partition coefficient (Wildman–Crippen LogP) is 4.51. The Morgan fingerprint density at radius 3 is 2.60 bits per heavy atom. The van der Waals surface area contributed by atoms with Crippen LogP contribution in [0.1, 0.15) is 12.2 Å². The molecule has 0 saturated heterocycles. The van der Waals surface area contributed by atoms with Gasteiger partial charge in [0, 0.05) is 17.9 Å². The Kier molecular flexibility index (Phi) is 5.94. The van der Waals surface area contributed by atoms with E-state index in [1.807, 2.05) is 53.1 Å². The molecule has 3 rings (SSSR count). The normalized spacial score (nSPS) is 10.4. The average Bonchev–Trinajstić information content (AvgIpc) is 3.05. The van der Waals surface area contributed by atoms with Gasteiger partial charge in [0.05, 0.1) is 11.1 Å². The van der Waals surface area contributed by atoms with E-state index >= 15 is 0 Å². The summed E-state index contributed by atoms with van der Waals surface area (Å²) in [4.78, 5) is 0. The zero-order valence-electron chi connectivity index (χ0n) is 13.3. The van der Waals surface area contributed by atoms with Gasteiger partial charge in [0.25, 0.3) is 0 Å². The van der Waals surface area contributed by atoms with Gasteiger partial charge in [-0.2, -0.15) is 5.26 Å². The Labute approximate surface area is 155 Å². The molecule has 25 heavy (non-hydrogen) atoms. The SMILES string of the molecule is N#CCCSc1nnc(COc2ccccc2Cl)n1-c1ccccc1. The largest absolute Gasteiger partial charge is 0.484 e. The summed E-state index contributed by atoms with van der Waals surface area (Å²) >= 11 is 7.63. The highest BCUT2D eigenvalue weighted by Gasteiger charge is 2.15. The Morgan fingerprint density at radius 2 is 1.84 bits per heavy atom. The van der Waals surface area contributed by atoms with Crippen LogP contribution in [0.5, 0.6) is 5.75 Å². The van der Waals surface area contributed by atoms with Crippen LogP contribution in [0, 0.1) is 11.3 Å². The van der Waals surface area contributed by atoms with E-state index in [-0.39, 0.29) is 6.61 Å². The highest BCUT2D eigenvalue weighted by atomic mass is 35.5. The van der Waals surface area contributed by atoms with E-state index in [4.69, 9.17) is 21.6 Å². The molecule has 3 aromatic rings. The van der Waals surface area contributed by atoms with Crippen LogP contribution in [0.2, 0.25) is 5.02 Å². The van der Waals surface area contributed by atoms with Gasteiger partial charge in [-0.3, -0.25) is 4.57 Å². The standard InChI is InChI=1S/C18H15ClN4OS/c19-15-9-4-5-10-16(15)24-13-17-21-22-18(25-12-6-11-20)23(17)14-7-2-1-3-8-14/h1-5,7-10H,6,12-13H2. The number of halogens is 1. The molecular weight excluding hydrogens is 356 g/mol. The summed E-state index contributed by atoms with van der Waals surface area (Å²) in [6, 6.07) is 19.3. The van der Waals surface area contributed by atoms with E-state index in [9.17, 15) is 0 Å². The molecule has 0 atom stereocenters. The van der Waals surface area contributed by atoms with Crippen LogP contribution in [0.15, 0.2) is 59.8 Å². The molecule has 1 aromatic heterocycles. The molecule has 0 saturated carbocycles. The first-order chi connectivity index (χ1) is 12.3. The Balaban J connectivity index is 1.86. The second kappa shape index (κ2) is 8.56. The van der Waals surface area contributed by atoms with Crippen molar-refractivity contribution < 1.29 is 4.74 Å². The summed E-state index contributed by atoms with van der Waals surface area (Å²) in [7, 11) is 0. The van der Waals surface area contributed by atoms with Crippen LogP contribution in [0.3, 0.4) is 0 Å². The van der Waals surface area contributed by atoms with Gasteiger partial charge < -0.3 is 4.74 Å². The second-order valence-corrected chi connectivity index (χ2v) is 6.51. The predicted molar refractivity (Wildman–Crippen MR) is 98.1 cm³/mol. The van der Waals surface area contributed by atoms with Gasteiger partial charge in [0.2, 0.25) is 0 Å². The molecule has 7 heteroatoms. The van der Waals surface area contributed by atoms with Gasteiger partial charge >= 0.3 is 0 Å². The molecule has 126 valence electrons. The third kappa shape index (κ3) is 4.32. The summed E-state index contributed by atoms with van der Waals surface area (Å²) < 4.78 is 7.75. The molecule has 0 aliphatic heterocycles. The van der Waals surface area contributed by atoms with E-state index in [1.165, 1.54) is 11.8 Å². The maximum atomic E-state index is 8.73. The second-order valence-electron chi connectivity index (χ2n) is 5.05. The van der Waals surface area contributed by atoms with Crippen molar-refractivity contribution in [3.05, 3.63) is 65.4 Å². The number of aromatic nitrogens is 3. The van der Waals surface area contributed by atoms with Crippen molar-refractivity contribution in [2.24, 2.45) is 0 Å². The first kappa shape index (κ1) is 17.3. The number of hydrogen-bond acceptors (Lipinski definition) is 5. The minimum atomic E-state index is 0.241. The first-order valence-corrected chi connectivity index (χ1v) is 9.02. The van der Waals surface area contributed by atoms with E-state index < -0.39 is 0 Å².